The molecule has 1 amide bonds. The molecule has 0 unspecified atom stereocenters. The van der Waals surface area contributed by atoms with E-state index in [4.69, 9.17) is 5.10 Å². The van der Waals surface area contributed by atoms with Crippen molar-refractivity contribution in [1.82, 2.24) is 19.2 Å². The fourth-order valence-electron chi connectivity index (χ4n) is 3.54. The van der Waals surface area contributed by atoms with Gasteiger partial charge in [0, 0.05) is 26.0 Å². The quantitative estimate of drug-likeness (QED) is 0.507. The third-order valence-electron chi connectivity index (χ3n) is 4.95. The van der Waals surface area contributed by atoms with E-state index in [1.807, 2.05) is 90.2 Å². The summed E-state index contributed by atoms with van der Waals surface area (Å²) in [7, 11) is 1.83. The molecule has 0 bridgehead atoms. The Morgan fingerprint density at radius 3 is 2.38 bits per heavy atom. The summed E-state index contributed by atoms with van der Waals surface area (Å²) in [6, 6.07) is 22.0. The van der Waals surface area contributed by atoms with Crippen molar-refractivity contribution in [3.63, 3.8) is 0 Å². The molecule has 0 aliphatic carbocycles. The van der Waals surface area contributed by atoms with E-state index in [0.717, 1.165) is 22.6 Å². The predicted molar refractivity (Wildman–Crippen MR) is 115 cm³/mol. The van der Waals surface area contributed by atoms with Crippen molar-refractivity contribution in [1.29, 1.82) is 0 Å². The minimum Gasteiger partial charge on any atom is -0.337 e. The van der Waals surface area contributed by atoms with Crippen LogP contribution in [0.1, 0.15) is 27.2 Å². The van der Waals surface area contributed by atoms with Crippen LogP contribution in [0, 0.1) is 13.8 Å². The van der Waals surface area contributed by atoms with E-state index in [9.17, 15) is 4.79 Å². The molecule has 0 N–H and O–H groups in total. The number of aromatic nitrogens is 3. The zero-order chi connectivity index (χ0) is 20.4. The van der Waals surface area contributed by atoms with Crippen LogP contribution in [0.2, 0.25) is 0 Å². The second-order valence-electron chi connectivity index (χ2n) is 7.27. The van der Waals surface area contributed by atoms with Gasteiger partial charge in [-0.1, -0.05) is 42.5 Å². The molecule has 0 atom stereocenters. The number of rotatable bonds is 5. The number of amides is 1. The van der Waals surface area contributed by atoms with E-state index < -0.39 is 0 Å². The number of hydrogen-bond acceptors (Lipinski definition) is 2. The van der Waals surface area contributed by atoms with Gasteiger partial charge >= 0.3 is 0 Å². The van der Waals surface area contributed by atoms with E-state index in [2.05, 4.69) is 19.1 Å². The van der Waals surface area contributed by atoms with Crippen LogP contribution in [0.4, 0.5) is 0 Å². The Labute approximate surface area is 170 Å². The first-order valence-corrected chi connectivity index (χ1v) is 9.64. The third kappa shape index (κ3) is 3.72. The van der Waals surface area contributed by atoms with E-state index in [1.165, 1.54) is 0 Å². The lowest BCUT2D eigenvalue weighted by Crippen LogP contribution is -2.27. The zero-order valence-corrected chi connectivity index (χ0v) is 16.9. The van der Waals surface area contributed by atoms with Gasteiger partial charge in [-0.15, -0.1) is 0 Å². The average molecular weight is 384 g/mol. The van der Waals surface area contributed by atoms with Crippen LogP contribution < -0.4 is 0 Å². The molecule has 4 aromatic rings. The Morgan fingerprint density at radius 1 is 0.966 bits per heavy atom. The largest absolute Gasteiger partial charge is 0.337 e. The van der Waals surface area contributed by atoms with Crippen LogP contribution in [-0.4, -0.2) is 32.2 Å². The summed E-state index contributed by atoms with van der Waals surface area (Å²) in [6.45, 7) is 4.48. The molecule has 146 valence electrons. The van der Waals surface area contributed by atoms with Crippen molar-refractivity contribution in [2.75, 3.05) is 7.05 Å². The topological polar surface area (TPSA) is 43.1 Å². The van der Waals surface area contributed by atoms with Gasteiger partial charge in [-0.05, 0) is 49.2 Å². The lowest BCUT2D eigenvalue weighted by Gasteiger charge is -2.18. The highest BCUT2D eigenvalue weighted by molar-refractivity contribution is 5.98. The maximum atomic E-state index is 13.5. The van der Waals surface area contributed by atoms with Gasteiger partial charge in [-0.25, -0.2) is 4.68 Å². The molecule has 0 aliphatic heterocycles. The summed E-state index contributed by atoms with van der Waals surface area (Å²) in [5.41, 5.74) is 4.49. The Morgan fingerprint density at radius 2 is 1.69 bits per heavy atom. The predicted octanol–water partition coefficient (Wildman–Crippen LogP) is 4.55. The number of hydrogen-bond donors (Lipinski definition) is 0. The maximum Gasteiger partial charge on any atom is 0.259 e. The Hall–Kier alpha value is -3.60. The molecule has 0 saturated heterocycles. The van der Waals surface area contributed by atoms with E-state index >= 15 is 0 Å². The molecule has 0 aliphatic rings. The van der Waals surface area contributed by atoms with Crippen molar-refractivity contribution >= 4 is 5.91 Å². The molecular formula is C24H24N4O. The minimum absolute atomic E-state index is 0.0473. The van der Waals surface area contributed by atoms with Gasteiger partial charge in [0.25, 0.3) is 5.91 Å². The van der Waals surface area contributed by atoms with E-state index in [1.54, 1.807) is 4.90 Å². The summed E-state index contributed by atoms with van der Waals surface area (Å²) in [4.78, 5) is 15.2. The summed E-state index contributed by atoms with van der Waals surface area (Å²) in [6.07, 6.45) is 3.88. The van der Waals surface area contributed by atoms with Crippen LogP contribution in [0.25, 0.3) is 11.5 Å². The van der Waals surface area contributed by atoms with Crippen LogP contribution >= 0.6 is 0 Å². The number of nitrogens with zero attached hydrogens (tertiary/aromatic N) is 4. The highest BCUT2D eigenvalue weighted by Crippen LogP contribution is 2.25. The average Bonchev–Trinajstić information content (AvgIpc) is 3.35. The van der Waals surface area contributed by atoms with Crippen molar-refractivity contribution < 1.29 is 4.79 Å². The Bertz CT molecular complexity index is 1130. The molecule has 5 nitrogen and oxygen atoms in total. The first-order valence-electron chi connectivity index (χ1n) is 9.64. The van der Waals surface area contributed by atoms with Gasteiger partial charge in [0.15, 0.2) is 5.82 Å². The molecule has 0 radical (unpaired) electrons. The first kappa shape index (κ1) is 18.7. The highest BCUT2D eigenvalue weighted by atomic mass is 16.2. The van der Waals surface area contributed by atoms with E-state index in [0.29, 0.717) is 17.8 Å². The smallest absolute Gasteiger partial charge is 0.259 e. The number of carbonyl (C=O) groups excluding carboxylic acids is 1. The lowest BCUT2D eigenvalue weighted by atomic mass is 10.1. The van der Waals surface area contributed by atoms with Gasteiger partial charge in [0.2, 0.25) is 0 Å². The lowest BCUT2D eigenvalue weighted by molar-refractivity contribution is 0.0784. The second kappa shape index (κ2) is 7.80. The van der Waals surface area contributed by atoms with Crippen LogP contribution in [0.3, 0.4) is 0 Å². The van der Waals surface area contributed by atoms with Crippen molar-refractivity contribution in [2.24, 2.45) is 0 Å². The molecule has 29 heavy (non-hydrogen) atoms. The number of benzene rings is 2. The molecule has 0 fully saturated rings. The van der Waals surface area contributed by atoms with Crippen LogP contribution in [-0.2, 0) is 6.54 Å². The minimum atomic E-state index is -0.0473. The fourth-order valence-corrected chi connectivity index (χ4v) is 3.54. The van der Waals surface area contributed by atoms with Crippen molar-refractivity contribution in [3.8, 4) is 11.5 Å². The van der Waals surface area contributed by atoms with Gasteiger partial charge in [-0.2, -0.15) is 5.10 Å². The van der Waals surface area contributed by atoms with Crippen molar-refractivity contribution in [3.05, 3.63) is 102 Å². The third-order valence-corrected chi connectivity index (χ3v) is 4.95. The summed E-state index contributed by atoms with van der Waals surface area (Å²) < 4.78 is 3.80. The summed E-state index contributed by atoms with van der Waals surface area (Å²) in [5, 5.41) is 4.74. The normalized spacial score (nSPS) is 10.9. The molecular weight excluding hydrogens is 360 g/mol. The molecule has 0 saturated carbocycles. The van der Waals surface area contributed by atoms with Crippen LogP contribution in [0.5, 0.6) is 0 Å². The Kier molecular flexibility index (Phi) is 5.04. The van der Waals surface area contributed by atoms with Gasteiger partial charge in [0.05, 0.1) is 11.4 Å². The van der Waals surface area contributed by atoms with Gasteiger partial charge < -0.3 is 9.47 Å². The molecule has 2 aromatic heterocycles. The summed E-state index contributed by atoms with van der Waals surface area (Å²) >= 11 is 0. The van der Waals surface area contributed by atoms with E-state index in [-0.39, 0.29) is 5.91 Å². The molecule has 4 rings (SSSR count). The Balaban J connectivity index is 1.80. The SMILES string of the molecule is Cc1cccc(-n2nc(C)c(C(=O)N(C)Cc3ccccc3)c2-n2cccc2)c1. The molecule has 2 heterocycles. The number of aryl methyl sites for hydroxylation is 2. The fraction of sp³-hybridized carbons (Fsp3) is 0.167. The van der Waals surface area contributed by atoms with Crippen LogP contribution in [0.15, 0.2) is 79.1 Å². The highest BCUT2D eigenvalue weighted by Gasteiger charge is 2.26. The summed E-state index contributed by atoms with van der Waals surface area (Å²) in [5.74, 6) is 0.706. The molecule has 2 aromatic carbocycles. The van der Waals surface area contributed by atoms with Gasteiger partial charge in [0.1, 0.15) is 5.56 Å². The zero-order valence-electron chi connectivity index (χ0n) is 16.9. The maximum absolute atomic E-state index is 13.5. The number of carbonyl (C=O) groups is 1. The molecule has 5 heteroatoms. The van der Waals surface area contributed by atoms with Gasteiger partial charge in [-0.3, -0.25) is 4.79 Å². The second-order valence-corrected chi connectivity index (χ2v) is 7.27. The standard InChI is InChI=1S/C24H24N4O/c1-18-10-9-13-21(16-18)28-23(27-14-7-8-15-27)22(19(2)25-28)24(29)26(3)17-20-11-5-4-6-12-20/h4-16H,17H2,1-3H3. The monoisotopic (exact) mass is 384 g/mol. The first-order chi connectivity index (χ1) is 14.0. The molecule has 0 spiro atoms. The van der Waals surface area contributed by atoms with Crippen molar-refractivity contribution in [2.45, 2.75) is 20.4 Å².